The molecular weight excluding hydrogens is 360 g/mol. The topological polar surface area (TPSA) is 24.5 Å². The van der Waals surface area contributed by atoms with Crippen LogP contribution in [0.5, 0.6) is 5.75 Å². The maximum Gasteiger partial charge on any atom is 0.169 e. The highest BCUT2D eigenvalue weighted by Crippen LogP contribution is 2.23. The predicted octanol–water partition coefficient (Wildman–Crippen LogP) is 4.45. The number of hydrogen-bond donors (Lipinski definition) is 1. The standard InChI is InChI=1S/C18H21ClN2OS2/c1-21(13-14-12-15(19)8-9-17(14)22-2)18(23)20-10-11-24-16-6-4-3-5-7-16/h3-9,12H,10-11,13H2,1-2H3,(H,20,23). The third kappa shape index (κ3) is 5.89. The first kappa shape index (κ1) is 18.9. The van der Waals surface area contributed by atoms with Crippen LogP contribution in [0.15, 0.2) is 53.4 Å². The SMILES string of the molecule is COc1ccc(Cl)cc1CN(C)C(=S)NCCSc1ccccc1. The molecule has 0 heterocycles. The van der Waals surface area contributed by atoms with E-state index in [2.05, 4.69) is 17.4 Å². The molecule has 0 saturated heterocycles. The molecule has 24 heavy (non-hydrogen) atoms. The smallest absolute Gasteiger partial charge is 0.169 e. The van der Waals surface area contributed by atoms with Gasteiger partial charge in [-0.15, -0.1) is 11.8 Å². The minimum atomic E-state index is 0.640. The monoisotopic (exact) mass is 380 g/mol. The van der Waals surface area contributed by atoms with Crippen molar-refractivity contribution in [1.29, 1.82) is 0 Å². The summed E-state index contributed by atoms with van der Waals surface area (Å²) < 4.78 is 5.38. The van der Waals surface area contributed by atoms with E-state index in [4.69, 9.17) is 28.6 Å². The molecule has 0 amide bonds. The van der Waals surface area contributed by atoms with E-state index in [-0.39, 0.29) is 0 Å². The largest absolute Gasteiger partial charge is 0.496 e. The molecule has 0 bridgehead atoms. The van der Waals surface area contributed by atoms with Crippen molar-refractivity contribution in [1.82, 2.24) is 10.2 Å². The van der Waals surface area contributed by atoms with Gasteiger partial charge in [-0.3, -0.25) is 0 Å². The molecule has 0 aliphatic carbocycles. The number of hydrogen-bond acceptors (Lipinski definition) is 3. The second-order valence-corrected chi connectivity index (χ2v) is 7.20. The van der Waals surface area contributed by atoms with Crippen molar-refractivity contribution in [3.63, 3.8) is 0 Å². The summed E-state index contributed by atoms with van der Waals surface area (Å²) in [5.41, 5.74) is 1.01. The van der Waals surface area contributed by atoms with Gasteiger partial charge >= 0.3 is 0 Å². The van der Waals surface area contributed by atoms with Crippen molar-refractivity contribution in [3.8, 4) is 5.75 Å². The van der Waals surface area contributed by atoms with Crippen LogP contribution in [0.3, 0.4) is 0 Å². The summed E-state index contributed by atoms with van der Waals surface area (Å²) in [6.45, 7) is 1.46. The minimum absolute atomic E-state index is 0.640. The summed E-state index contributed by atoms with van der Waals surface area (Å²) in [5, 5.41) is 4.69. The fourth-order valence-electron chi connectivity index (χ4n) is 2.18. The van der Waals surface area contributed by atoms with E-state index in [0.29, 0.717) is 16.7 Å². The summed E-state index contributed by atoms with van der Waals surface area (Å²) in [5.74, 6) is 1.77. The number of ether oxygens (including phenoxy) is 1. The number of halogens is 1. The Morgan fingerprint density at radius 3 is 2.71 bits per heavy atom. The second kappa shape index (κ2) is 9.77. The number of thiocarbonyl (C=S) groups is 1. The second-order valence-electron chi connectivity index (χ2n) is 5.21. The molecular formula is C18H21ClN2OS2. The highest BCUT2D eigenvalue weighted by molar-refractivity contribution is 7.99. The van der Waals surface area contributed by atoms with Gasteiger partial charge in [-0.05, 0) is 42.5 Å². The van der Waals surface area contributed by atoms with Gasteiger partial charge in [0.25, 0.3) is 0 Å². The zero-order valence-corrected chi connectivity index (χ0v) is 16.2. The molecule has 0 aromatic heterocycles. The Kier molecular flexibility index (Phi) is 7.69. The van der Waals surface area contributed by atoms with Crippen LogP contribution in [0.2, 0.25) is 5.02 Å². The fraction of sp³-hybridized carbons (Fsp3) is 0.278. The van der Waals surface area contributed by atoms with Crippen LogP contribution in [-0.2, 0) is 6.54 Å². The van der Waals surface area contributed by atoms with E-state index < -0.39 is 0 Å². The molecule has 128 valence electrons. The lowest BCUT2D eigenvalue weighted by molar-refractivity contribution is 0.397. The molecule has 0 radical (unpaired) electrons. The van der Waals surface area contributed by atoms with E-state index in [0.717, 1.165) is 23.6 Å². The number of methoxy groups -OCH3 is 1. The van der Waals surface area contributed by atoms with E-state index in [1.807, 2.05) is 60.1 Å². The number of benzene rings is 2. The van der Waals surface area contributed by atoms with Crippen molar-refractivity contribution in [2.75, 3.05) is 26.5 Å². The van der Waals surface area contributed by atoms with Gasteiger partial charge in [-0.25, -0.2) is 0 Å². The Hall–Kier alpha value is -1.43. The van der Waals surface area contributed by atoms with Gasteiger partial charge in [-0.1, -0.05) is 29.8 Å². The molecule has 2 aromatic rings. The van der Waals surface area contributed by atoms with Gasteiger partial charge in [0.1, 0.15) is 5.75 Å². The first-order valence-corrected chi connectivity index (χ1v) is 9.36. The van der Waals surface area contributed by atoms with E-state index >= 15 is 0 Å². The third-order valence-corrected chi connectivity index (χ3v) is 5.09. The first-order valence-electron chi connectivity index (χ1n) is 7.59. The van der Waals surface area contributed by atoms with Crippen LogP contribution in [0, 0.1) is 0 Å². The first-order chi connectivity index (χ1) is 11.6. The quantitative estimate of drug-likeness (QED) is 0.434. The molecule has 0 unspecified atom stereocenters. The van der Waals surface area contributed by atoms with E-state index in [1.54, 1.807) is 7.11 Å². The highest BCUT2D eigenvalue weighted by atomic mass is 35.5. The van der Waals surface area contributed by atoms with Crippen LogP contribution < -0.4 is 10.1 Å². The molecule has 2 rings (SSSR count). The Morgan fingerprint density at radius 1 is 1.25 bits per heavy atom. The van der Waals surface area contributed by atoms with Gasteiger partial charge in [0.05, 0.1) is 7.11 Å². The Bertz CT molecular complexity index is 667. The average Bonchev–Trinajstić information content (AvgIpc) is 2.59. The molecule has 0 saturated carbocycles. The zero-order valence-electron chi connectivity index (χ0n) is 13.8. The van der Waals surface area contributed by atoms with Crippen LogP contribution in [0.1, 0.15) is 5.56 Å². The van der Waals surface area contributed by atoms with E-state index in [9.17, 15) is 0 Å². The summed E-state index contributed by atoms with van der Waals surface area (Å²) in [4.78, 5) is 3.25. The van der Waals surface area contributed by atoms with Gasteiger partial charge in [0.15, 0.2) is 5.11 Å². The molecule has 0 aliphatic rings. The summed E-state index contributed by atoms with van der Waals surface area (Å²) >= 11 is 13.3. The van der Waals surface area contributed by atoms with Crippen molar-refractivity contribution < 1.29 is 4.74 Å². The number of nitrogens with zero attached hydrogens (tertiary/aromatic N) is 1. The maximum absolute atomic E-state index is 6.07. The van der Waals surface area contributed by atoms with Crippen molar-refractivity contribution in [3.05, 3.63) is 59.1 Å². The molecule has 0 fully saturated rings. The predicted molar refractivity (Wildman–Crippen MR) is 107 cm³/mol. The van der Waals surface area contributed by atoms with Crippen molar-refractivity contribution in [2.45, 2.75) is 11.4 Å². The number of thioether (sulfide) groups is 1. The fourth-order valence-corrected chi connectivity index (χ4v) is 3.33. The lowest BCUT2D eigenvalue weighted by Crippen LogP contribution is -2.37. The van der Waals surface area contributed by atoms with Gasteiger partial charge in [-0.2, -0.15) is 0 Å². The Balaban J connectivity index is 1.79. The maximum atomic E-state index is 6.07. The number of nitrogens with one attached hydrogen (secondary N) is 1. The van der Waals surface area contributed by atoms with Gasteiger partial charge in [0.2, 0.25) is 0 Å². The minimum Gasteiger partial charge on any atom is -0.496 e. The Morgan fingerprint density at radius 2 is 2.00 bits per heavy atom. The lowest BCUT2D eigenvalue weighted by Gasteiger charge is -2.22. The lowest BCUT2D eigenvalue weighted by atomic mass is 10.2. The van der Waals surface area contributed by atoms with Crippen LogP contribution >= 0.6 is 35.6 Å². The van der Waals surface area contributed by atoms with Crippen molar-refractivity contribution >= 4 is 40.7 Å². The van der Waals surface area contributed by atoms with Gasteiger partial charge in [0, 0.05) is 41.4 Å². The van der Waals surface area contributed by atoms with Gasteiger partial charge < -0.3 is 15.0 Å². The van der Waals surface area contributed by atoms with Crippen molar-refractivity contribution in [2.24, 2.45) is 0 Å². The Labute approximate surface area is 158 Å². The molecule has 0 atom stereocenters. The van der Waals surface area contributed by atoms with E-state index in [1.165, 1.54) is 4.90 Å². The summed E-state index contributed by atoms with van der Waals surface area (Å²) in [6, 6.07) is 15.9. The molecule has 0 aliphatic heterocycles. The summed E-state index contributed by atoms with van der Waals surface area (Å²) in [7, 11) is 3.62. The molecule has 1 N–H and O–H groups in total. The van der Waals surface area contributed by atoms with Crippen LogP contribution in [0.25, 0.3) is 0 Å². The molecule has 3 nitrogen and oxygen atoms in total. The van der Waals surface area contributed by atoms with Crippen LogP contribution in [-0.4, -0.2) is 36.5 Å². The molecule has 2 aromatic carbocycles. The number of rotatable bonds is 7. The highest BCUT2D eigenvalue weighted by Gasteiger charge is 2.09. The molecule has 0 spiro atoms. The average molecular weight is 381 g/mol. The third-order valence-electron chi connectivity index (χ3n) is 3.39. The van der Waals surface area contributed by atoms with Crippen LogP contribution in [0.4, 0.5) is 0 Å². The molecule has 6 heteroatoms. The summed E-state index contributed by atoms with van der Waals surface area (Å²) in [6.07, 6.45) is 0. The normalized spacial score (nSPS) is 10.3. The zero-order chi connectivity index (χ0) is 17.4.